The number of nitrogens with two attached hydrogens (primary N) is 1. The lowest BCUT2D eigenvalue weighted by atomic mass is 10.1. The first-order valence-electron chi connectivity index (χ1n) is 5.82. The van der Waals surface area contributed by atoms with Gasteiger partial charge in [-0.3, -0.25) is 0 Å². The summed E-state index contributed by atoms with van der Waals surface area (Å²) in [5.41, 5.74) is 4.66. The largest absolute Gasteiger partial charge is 0.453 e. The fourth-order valence-corrected chi connectivity index (χ4v) is 1.85. The molecule has 11 heteroatoms. The highest BCUT2D eigenvalue weighted by molar-refractivity contribution is 5.64. The molecule has 0 saturated carbocycles. The van der Waals surface area contributed by atoms with Crippen LogP contribution in [-0.2, 0) is 14.2 Å². The molecule has 1 aliphatic heterocycles. The van der Waals surface area contributed by atoms with Gasteiger partial charge in [0.2, 0.25) is 0 Å². The third-order valence-electron chi connectivity index (χ3n) is 2.82. The van der Waals surface area contributed by atoms with Crippen LogP contribution in [0.25, 0.3) is 0 Å². The second-order valence-corrected chi connectivity index (χ2v) is 4.40. The lowest BCUT2D eigenvalue weighted by Gasteiger charge is -2.31. The number of hydrogen-bond acceptors (Lipinski definition) is 4. The number of alkyl halides is 6. The van der Waals surface area contributed by atoms with Crippen molar-refractivity contribution in [2.24, 2.45) is 5.73 Å². The average Bonchev–Trinajstić information content (AvgIpc) is 2.62. The third-order valence-corrected chi connectivity index (χ3v) is 2.82. The van der Waals surface area contributed by atoms with Gasteiger partial charge in [0, 0.05) is 0 Å². The Hall–Kier alpha value is -1.23. The predicted octanol–water partition coefficient (Wildman–Crippen LogP) is 2.49. The molecule has 1 saturated heterocycles. The first-order valence-corrected chi connectivity index (χ1v) is 5.82. The van der Waals surface area contributed by atoms with Crippen LogP contribution in [0.2, 0.25) is 0 Å². The highest BCUT2D eigenvalue weighted by Crippen LogP contribution is 2.52. The van der Waals surface area contributed by atoms with Crippen molar-refractivity contribution in [3.05, 3.63) is 0 Å². The minimum Gasteiger partial charge on any atom is -0.450 e. The topological polar surface area (TPSA) is 70.8 Å². The molecule has 0 spiro atoms. The summed E-state index contributed by atoms with van der Waals surface area (Å²) < 4.78 is 88.7. The van der Waals surface area contributed by atoms with E-state index in [1.807, 2.05) is 0 Å². The van der Waals surface area contributed by atoms with Gasteiger partial charge in [-0.15, -0.1) is 0 Å². The van der Waals surface area contributed by atoms with Crippen LogP contribution in [0.15, 0.2) is 0 Å². The number of carbonyl (C=O) groups is 1. The van der Waals surface area contributed by atoms with Gasteiger partial charge in [-0.25, -0.2) is 4.79 Å². The molecule has 2 atom stereocenters. The van der Waals surface area contributed by atoms with Crippen LogP contribution >= 0.6 is 0 Å². The Kier molecular flexibility index (Phi) is 4.98. The first-order chi connectivity index (χ1) is 9.41. The van der Waals surface area contributed by atoms with Crippen LogP contribution in [0.3, 0.4) is 0 Å². The Morgan fingerprint density at radius 2 is 1.71 bits per heavy atom. The smallest absolute Gasteiger partial charge is 0.450 e. The number of primary amides is 1. The maximum atomic E-state index is 12.7. The predicted molar refractivity (Wildman–Crippen MR) is 55.0 cm³/mol. The maximum Gasteiger partial charge on any atom is 0.453 e. The standard InChI is InChI=1S/C10H13F6NO4/c1-5-6(3-2-4-19-7(17)18)21-8(20-5,9(11,12)13)10(14,15)16/h5-6H,2-4H2,1H3,(H2,17,18). The Morgan fingerprint density at radius 3 is 2.10 bits per heavy atom. The number of amides is 1. The normalized spacial score (nSPS) is 25.9. The zero-order valence-electron chi connectivity index (χ0n) is 10.8. The second kappa shape index (κ2) is 5.87. The van der Waals surface area contributed by atoms with Crippen molar-refractivity contribution < 1.29 is 45.3 Å². The molecule has 0 aromatic rings. The van der Waals surface area contributed by atoms with Crippen LogP contribution in [0.4, 0.5) is 31.1 Å². The first kappa shape index (κ1) is 17.8. The molecule has 2 unspecified atom stereocenters. The van der Waals surface area contributed by atoms with Crippen LogP contribution in [-0.4, -0.2) is 43.0 Å². The van der Waals surface area contributed by atoms with E-state index in [2.05, 4.69) is 19.9 Å². The zero-order valence-corrected chi connectivity index (χ0v) is 10.8. The van der Waals surface area contributed by atoms with Gasteiger partial charge in [-0.1, -0.05) is 0 Å². The maximum absolute atomic E-state index is 12.7. The summed E-state index contributed by atoms with van der Waals surface area (Å²) in [5.74, 6) is -4.63. The van der Waals surface area contributed by atoms with Crippen molar-refractivity contribution >= 4 is 6.09 Å². The average molecular weight is 325 g/mol. The SMILES string of the molecule is CC1OC(C(F)(F)F)(C(F)(F)F)OC1CCCOC(N)=O. The quantitative estimate of drug-likeness (QED) is 0.637. The molecule has 1 amide bonds. The molecule has 5 nitrogen and oxygen atoms in total. The van der Waals surface area contributed by atoms with Gasteiger partial charge in [-0.05, 0) is 19.8 Å². The van der Waals surface area contributed by atoms with E-state index in [0.717, 1.165) is 6.92 Å². The highest BCUT2D eigenvalue weighted by Gasteiger charge is 2.78. The molecule has 1 rings (SSSR count). The van der Waals surface area contributed by atoms with Gasteiger partial charge in [-0.2, -0.15) is 26.3 Å². The zero-order chi connectivity index (χ0) is 16.5. The number of hydrogen-bond donors (Lipinski definition) is 1. The van der Waals surface area contributed by atoms with Crippen molar-refractivity contribution in [1.82, 2.24) is 0 Å². The summed E-state index contributed by atoms with van der Waals surface area (Å²) in [6.07, 6.45) is -15.7. The van der Waals surface area contributed by atoms with Crippen LogP contribution < -0.4 is 5.73 Å². The van der Waals surface area contributed by atoms with Gasteiger partial charge in [0.1, 0.15) is 0 Å². The van der Waals surface area contributed by atoms with Gasteiger partial charge in [0.05, 0.1) is 18.8 Å². The van der Waals surface area contributed by atoms with E-state index in [0.29, 0.717) is 0 Å². The summed E-state index contributed by atoms with van der Waals surface area (Å²) in [4.78, 5) is 10.3. The fraction of sp³-hybridized carbons (Fsp3) is 0.900. The Bertz CT molecular complexity index is 369. The van der Waals surface area contributed by atoms with E-state index >= 15 is 0 Å². The van der Waals surface area contributed by atoms with Gasteiger partial charge < -0.3 is 19.9 Å². The van der Waals surface area contributed by atoms with E-state index in [4.69, 9.17) is 0 Å². The van der Waals surface area contributed by atoms with Crippen LogP contribution in [0.5, 0.6) is 0 Å². The van der Waals surface area contributed by atoms with Crippen molar-refractivity contribution in [3.8, 4) is 0 Å². The molecule has 1 fully saturated rings. The van der Waals surface area contributed by atoms with Crippen molar-refractivity contribution in [3.63, 3.8) is 0 Å². The Balaban J connectivity index is 2.74. The van der Waals surface area contributed by atoms with E-state index in [-0.39, 0.29) is 19.4 Å². The van der Waals surface area contributed by atoms with Gasteiger partial charge >= 0.3 is 24.2 Å². The molecule has 124 valence electrons. The van der Waals surface area contributed by atoms with E-state index in [1.54, 1.807) is 0 Å². The molecule has 0 aromatic carbocycles. The second-order valence-electron chi connectivity index (χ2n) is 4.40. The lowest BCUT2D eigenvalue weighted by Crippen LogP contribution is -2.58. The molecule has 0 bridgehead atoms. The molecule has 1 aliphatic rings. The van der Waals surface area contributed by atoms with Crippen molar-refractivity contribution in [1.29, 1.82) is 0 Å². The lowest BCUT2D eigenvalue weighted by molar-refractivity contribution is -0.445. The minimum absolute atomic E-state index is 0.0207. The number of halogens is 6. The van der Waals surface area contributed by atoms with E-state index < -0.39 is 36.4 Å². The molecule has 0 aromatic heterocycles. The minimum atomic E-state index is -5.77. The fourth-order valence-electron chi connectivity index (χ4n) is 1.85. The molecular formula is C10H13F6NO4. The van der Waals surface area contributed by atoms with Gasteiger partial charge in [0.25, 0.3) is 0 Å². The molecular weight excluding hydrogens is 312 g/mol. The van der Waals surface area contributed by atoms with E-state index in [1.165, 1.54) is 0 Å². The van der Waals surface area contributed by atoms with Crippen LogP contribution in [0, 0.1) is 0 Å². The van der Waals surface area contributed by atoms with Gasteiger partial charge in [0.15, 0.2) is 0 Å². The van der Waals surface area contributed by atoms with Crippen molar-refractivity contribution in [2.75, 3.05) is 6.61 Å². The summed E-state index contributed by atoms with van der Waals surface area (Å²) >= 11 is 0. The molecule has 21 heavy (non-hydrogen) atoms. The molecule has 1 heterocycles. The Labute approximate surface area is 115 Å². The van der Waals surface area contributed by atoms with Crippen LogP contribution in [0.1, 0.15) is 19.8 Å². The number of rotatable bonds is 4. The molecule has 0 aliphatic carbocycles. The Morgan fingerprint density at radius 1 is 1.19 bits per heavy atom. The highest BCUT2D eigenvalue weighted by atomic mass is 19.4. The molecule has 2 N–H and O–H groups in total. The monoisotopic (exact) mass is 325 g/mol. The number of carbonyl (C=O) groups excluding carboxylic acids is 1. The summed E-state index contributed by atoms with van der Waals surface area (Å²) in [6.45, 7) is 0.797. The molecule has 0 radical (unpaired) electrons. The third kappa shape index (κ3) is 3.70. The van der Waals surface area contributed by atoms with E-state index in [9.17, 15) is 31.1 Å². The summed E-state index contributed by atoms with van der Waals surface area (Å²) in [5, 5.41) is 0. The summed E-state index contributed by atoms with van der Waals surface area (Å²) in [7, 11) is 0. The van der Waals surface area contributed by atoms with Crippen molar-refractivity contribution in [2.45, 2.75) is 50.1 Å². The number of ether oxygens (including phenoxy) is 3. The summed E-state index contributed by atoms with van der Waals surface area (Å²) in [6, 6.07) is 0.